The number of furan rings is 1. The molecule has 0 saturated carbocycles. The summed E-state index contributed by atoms with van der Waals surface area (Å²) in [6.45, 7) is 2.85. The molecule has 2 aromatic heterocycles. The van der Waals surface area contributed by atoms with Gasteiger partial charge in [-0.3, -0.25) is 9.78 Å². The Bertz CT molecular complexity index is 1710. The molecule has 0 saturated heterocycles. The van der Waals surface area contributed by atoms with Crippen molar-refractivity contribution < 1.29 is 34.4 Å². The van der Waals surface area contributed by atoms with Crippen molar-refractivity contribution in [3.63, 3.8) is 0 Å². The molecule has 35 heavy (non-hydrogen) atoms. The fourth-order valence-electron chi connectivity index (χ4n) is 4.12. The Morgan fingerprint density at radius 3 is 2.26 bits per heavy atom. The van der Waals surface area contributed by atoms with Gasteiger partial charge in [-0.15, -0.1) is 18.2 Å². The molecule has 0 fully saturated rings. The normalized spacial score (nSPS) is 11.3. The van der Waals surface area contributed by atoms with Gasteiger partial charge in [-0.05, 0) is 53.9 Å². The zero-order valence-electron chi connectivity index (χ0n) is 19.2. The van der Waals surface area contributed by atoms with Crippen LogP contribution >= 0.6 is 0 Å². The number of carbonyl (C=O) groups excluding carboxylic acids is 1. The van der Waals surface area contributed by atoms with Crippen LogP contribution in [0.5, 0.6) is 0 Å². The number of aliphatic hydroxyl groups is 1. The molecule has 5 heteroatoms. The van der Waals surface area contributed by atoms with Crippen molar-refractivity contribution in [1.29, 1.82) is 0 Å². The Kier molecular flexibility index (Phi) is 7.11. The predicted molar refractivity (Wildman–Crippen MR) is 138 cm³/mol. The molecular formula is C30H22IrNO3-. The Hall–Kier alpha value is -3.79. The third-order valence-electron chi connectivity index (χ3n) is 5.57. The molecule has 0 unspecified atom stereocenters. The zero-order chi connectivity index (χ0) is 23.7. The number of para-hydroxylation sites is 1. The number of benzene rings is 4. The van der Waals surface area contributed by atoms with Crippen molar-refractivity contribution in [2.75, 3.05) is 0 Å². The number of hydrogen-bond acceptors (Lipinski definition) is 4. The Morgan fingerprint density at radius 1 is 0.886 bits per heavy atom. The van der Waals surface area contributed by atoms with Crippen LogP contribution in [-0.4, -0.2) is 15.9 Å². The Labute approximate surface area is 216 Å². The second kappa shape index (κ2) is 10.2. The first kappa shape index (κ1) is 24.3. The number of nitrogens with zero attached hydrogens (tertiary/aromatic N) is 1. The molecule has 6 rings (SSSR count). The molecular weight excluding hydrogens is 615 g/mol. The van der Waals surface area contributed by atoms with Gasteiger partial charge in [0, 0.05) is 31.6 Å². The second-order valence-electron chi connectivity index (χ2n) is 8.18. The fraction of sp³-hybridized carbons (Fsp3) is 0.0667. The van der Waals surface area contributed by atoms with Crippen LogP contribution in [0.2, 0.25) is 0 Å². The first-order valence-electron chi connectivity index (χ1n) is 11.0. The van der Waals surface area contributed by atoms with Gasteiger partial charge in [0.15, 0.2) is 5.78 Å². The summed E-state index contributed by atoms with van der Waals surface area (Å²) in [6.07, 6.45) is 1.17. The van der Waals surface area contributed by atoms with E-state index in [0.717, 1.165) is 44.1 Å². The van der Waals surface area contributed by atoms with Crippen LogP contribution in [0.25, 0.3) is 54.9 Å². The summed E-state index contributed by atoms with van der Waals surface area (Å²) < 4.78 is 6.29. The van der Waals surface area contributed by atoms with Crippen LogP contribution in [0, 0.1) is 6.07 Å². The van der Waals surface area contributed by atoms with Gasteiger partial charge < -0.3 is 9.52 Å². The number of ketones is 1. The summed E-state index contributed by atoms with van der Waals surface area (Å²) in [4.78, 5) is 14.8. The number of allylic oxidation sites excluding steroid dienone is 2. The largest absolute Gasteiger partial charge is 0.512 e. The smallest absolute Gasteiger partial charge is 0.155 e. The van der Waals surface area contributed by atoms with Crippen molar-refractivity contribution in [3.8, 4) is 11.3 Å². The van der Waals surface area contributed by atoms with Crippen LogP contribution in [0.3, 0.4) is 0 Å². The maximum absolute atomic E-state index is 10.0. The number of pyridine rings is 1. The van der Waals surface area contributed by atoms with Crippen LogP contribution < -0.4 is 0 Å². The SMILES string of the molecule is CC(=O)/C=C(/C)O.[Ir].[c-]1ccc2c(oc3cc4ccccc4cc32)c1-c1ccc2ccccc2n1. The van der Waals surface area contributed by atoms with E-state index in [1.54, 1.807) is 0 Å². The van der Waals surface area contributed by atoms with Gasteiger partial charge >= 0.3 is 0 Å². The molecule has 1 radical (unpaired) electrons. The van der Waals surface area contributed by atoms with Gasteiger partial charge in [0.25, 0.3) is 0 Å². The minimum absolute atomic E-state index is 0. The van der Waals surface area contributed by atoms with Crippen molar-refractivity contribution in [1.82, 2.24) is 4.98 Å². The third kappa shape index (κ3) is 5.02. The van der Waals surface area contributed by atoms with Gasteiger partial charge in [0.2, 0.25) is 0 Å². The second-order valence-corrected chi connectivity index (χ2v) is 8.18. The van der Waals surface area contributed by atoms with Gasteiger partial charge in [-0.1, -0.05) is 65.5 Å². The number of fused-ring (bicyclic) bond motifs is 5. The minimum Gasteiger partial charge on any atom is -0.512 e. The molecule has 0 aliphatic carbocycles. The van der Waals surface area contributed by atoms with Crippen molar-refractivity contribution in [3.05, 3.63) is 103 Å². The van der Waals surface area contributed by atoms with E-state index in [2.05, 4.69) is 60.7 Å². The van der Waals surface area contributed by atoms with E-state index in [1.165, 1.54) is 30.7 Å². The molecule has 2 heterocycles. The van der Waals surface area contributed by atoms with Gasteiger partial charge in [0.05, 0.1) is 16.9 Å². The first-order valence-corrected chi connectivity index (χ1v) is 11.0. The number of rotatable bonds is 2. The molecule has 175 valence electrons. The van der Waals surface area contributed by atoms with E-state index >= 15 is 0 Å². The molecule has 0 atom stereocenters. The molecule has 1 N–H and O–H groups in total. The molecule has 0 aliphatic rings. The number of carbonyl (C=O) groups is 1. The molecule has 0 bridgehead atoms. The van der Waals surface area contributed by atoms with Crippen molar-refractivity contribution >= 4 is 49.4 Å². The quantitative estimate of drug-likeness (QED) is 0.120. The van der Waals surface area contributed by atoms with Crippen LogP contribution in [0.4, 0.5) is 0 Å². The van der Waals surface area contributed by atoms with Crippen molar-refractivity contribution in [2.24, 2.45) is 0 Å². The van der Waals surface area contributed by atoms with E-state index < -0.39 is 0 Å². The number of hydrogen-bond donors (Lipinski definition) is 1. The monoisotopic (exact) mass is 637 g/mol. The van der Waals surface area contributed by atoms with Gasteiger partial charge in [0.1, 0.15) is 5.58 Å². The van der Waals surface area contributed by atoms with Crippen LogP contribution in [0.1, 0.15) is 13.8 Å². The number of aromatic nitrogens is 1. The van der Waals surface area contributed by atoms with E-state index in [4.69, 9.17) is 14.5 Å². The van der Waals surface area contributed by atoms with E-state index in [-0.39, 0.29) is 31.6 Å². The summed E-state index contributed by atoms with van der Waals surface area (Å²) in [7, 11) is 0. The van der Waals surface area contributed by atoms with E-state index in [0.29, 0.717) is 0 Å². The molecule has 0 spiro atoms. The zero-order valence-corrected chi connectivity index (χ0v) is 21.6. The van der Waals surface area contributed by atoms with Gasteiger partial charge in [-0.25, -0.2) is 0 Å². The standard InChI is InChI=1S/C25H14NO.C5H8O2.Ir/c1-2-8-18-15-24-21(14-17(18)7-1)19-9-5-10-20(25(19)27-24)23-13-12-16-6-3-4-11-22(16)26-23;1-4(6)3-5(2)7;/h1-9,11-15H;3,6H,1-2H3;/q-1;;/b;4-3-;. The maximum atomic E-state index is 10.0. The molecule has 6 aromatic rings. The summed E-state index contributed by atoms with van der Waals surface area (Å²) in [5.41, 5.74) is 4.49. The molecule has 4 nitrogen and oxygen atoms in total. The summed E-state index contributed by atoms with van der Waals surface area (Å²) in [5, 5.41) is 14.1. The summed E-state index contributed by atoms with van der Waals surface area (Å²) >= 11 is 0. The summed E-state index contributed by atoms with van der Waals surface area (Å²) in [5.74, 6) is -0.0625. The van der Waals surface area contributed by atoms with Crippen molar-refractivity contribution in [2.45, 2.75) is 13.8 Å². The Morgan fingerprint density at radius 2 is 1.57 bits per heavy atom. The first-order chi connectivity index (χ1) is 16.5. The molecule has 0 amide bonds. The maximum Gasteiger partial charge on any atom is 0.155 e. The third-order valence-corrected chi connectivity index (χ3v) is 5.57. The van der Waals surface area contributed by atoms with Crippen LogP contribution in [-0.2, 0) is 24.9 Å². The number of aliphatic hydroxyl groups excluding tert-OH is 1. The summed E-state index contributed by atoms with van der Waals surface area (Å²) in [6, 6.07) is 32.3. The average molecular weight is 637 g/mol. The molecule has 0 aliphatic heterocycles. The van der Waals surface area contributed by atoms with E-state index in [9.17, 15) is 4.79 Å². The molecule has 4 aromatic carbocycles. The minimum atomic E-state index is -0.125. The van der Waals surface area contributed by atoms with E-state index in [1.807, 2.05) is 30.3 Å². The fourth-order valence-corrected chi connectivity index (χ4v) is 4.12. The Balaban J connectivity index is 0.000000320. The average Bonchev–Trinajstić information content (AvgIpc) is 3.19. The van der Waals surface area contributed by atoms with Gasteiger partial charge in [-0.2, -0.15) is 0 Å². The topological polar surface area (TPSA) is 63.3 Å². The van der Waals surface area contributed by atoms with Crippen LogP contribution in [0.15, 0.2) is 101 Å². The predicted octanol–water partition coefficient (Wildman–Crippen LogP) is 7.79.